The average molecular weight is 567 g/mol. The third kappa shape index (κ3) is 11.0. The van der Waals surface area contributed by atoms with Crippen molar-refractivity contribution in [1.82, 2.24) is 0 Å². The molecular weight excluding hydrogens is 508 g/mol. The number of aromatic carboxylic acids is 1. The van der Waals surface area contributed by atoms with E-state index in [9.17, 15) is 15.0 Å². The van der Waals surface area contributed by atoms with Crippen LogP contribution in [0.15, 0.2) is 6.07 Å². The summed E-state index contributed by atoms with van der Waals surface area (Å²) in [5.41, 5.74) is 1.93. The molecule has 0 amide bonds. The molecule has 38 heavy (non-hydrogen) atoms. The average Bonchev–Trinajstić information content (AvgIpc) is 2.80. The molecule has 3 nitrogen and oxygen atoms in total. The first-order valence-corrected chi connectivity index (χ1v) is 17.1. The van der Waals surface area contributed by atoms with Crippen molar-refractivity contribution in [2.24, 2.45) is 0 Å². The topological polar surface area (TPSA) is 57.5 Å². The van der Waals surface area contributed by atoms with Crippen LogP contribution >= 0.6 is 23.5 Å². The van der Waals surface area contributed by atoms with E-state index in [0.29, 0.717) is 11.1 Å². The van der Waals surface area contributed by atoms with Gasteiger partial charge >= 0.3 is 5.97 Å². The van der Waals surface area contributed by atoms with Crippen molar-refractivity contribution in [3.63, 3.8) is 0 Å². The number of hydrogen-bond donors (Lipinski definition) is 2. The molecule has 0 atom stereocenters. The van der Waals surface area contributed by atoms with Gasteiger partial charge in [-0.2, -0.15) is 0 Å². The summed E-state index contributed by atoms with van der Waals surface area (Å²) in [4.78, 5) is 12.8. The highest BCUT2D eigenvalue weighted by Gasteiger charge is 2.40. The van der Waals surface area contributed by atoms with Crippen molar-refractivity contribution in [3.05, 3.63) is 28.3 Å². The zero-order chi connectivity index (χ0) is 29.0. The van der Waals surface area contributed by atoms with Crippen LogP contribution in [0.3, 0.4) is 0 Å². The normalized spacial score (nSPS) is 12.8. The van der Waals surface area contributed by atoms with Gasteiger partial charge in [-0.3, -0.25) is 0 Å². The maximum atomic E-state index is 12.8. The van der Waals surface area contributed by atoms with Gasteiger partial charge in [0.15, 0.2) is 0 Å². The maximum absolute atomic E-state index is 12.8. The third-order valence-corrected chi connectivity index (χ3v) is 10.5. The number of benzene rings is 1. The molecule has 0 heterocycles. The standard InChI is InChI=1S/C33H58O3S2/c1-10-12-14-16-18-20-22-37-33(9,38-23-21-19-17-15-13-11-2)27-25(30(35)36)24-26(31(3,4)5)29(34)28(27)32(6,7)8/h24,34H,10-23H2,1-9H3,(H,35,36). The molecule has 1 aromatic carbocycles. The van der Waals surface area contributed by atoms with Crippen molar-refractivity contribution in [2.45, 2.75) is 154 Å². The number of aromatic hydroxyl groups is 1. The minimum atomic E-state index is -0.900. The number of unbranched alkanes of at least 4 members (excludes halogenated alkanes) is 10. The van der Waals surface area contributed by atoms with E-state index >= 15 is 0 Å². The molecule has 0 saturated heterocycles. The SMILES string of the molecule is CCCCCCCCSC(C)(SCCCCCCCC)c1c(C(=O)O)cc(C(C)(C)C)c(O)c1C(C)(C)C. The molecule has 0 bridgehead atoms. The Morgan fingerprint density at radius 3 is 1.47 bits per heavy atom. The predicted molar refractivity (Wildman–Crippen MR) is 171 cm³/mol. The van der Waals surface area contributed by atoms with Crippen molar-refractivity contribution in [3.8, 4) is 5.75 Å². The molecule has 0 unspecified atom stereocenters. The fourth-order valence-electron chi connectivity index (χ4n) is 5.10. The summed E-state index contributed by atoms with van der Waals surface area (Å²) in [6.45, 7) is 19.1. The molecule has 0 saturated carbocycles. The zero-order valence-electron chi connectivity index (χ0n) is 26.1. The van der Waals surface area contributed by atoms with Crippen LogP contribution in [0.5, 0.6) is 5.75 Å². The Labute approximate surface area is 243 Å². The predicted octanol–water partition coefficient (Wildman–Crippen LogP) is 11.0. The first-order valence-electron chi connectivity index (χ1n) is 15.1. The van der Waals surface area contributed by atoms with Crippen LogP contribution in [0.4, 0.5) is 0 Å². The molecule has 1 rings (SSSR count). The molecule has 0 aliphatic heterocycles. The van der Waals surface area contributed by atoms with E-state index < -0.39 is 15.5 Å². The molecule has 5 heteroatoms. The van der Waals surface area contributed by atoms with Gasteiger partial charge in [0, 0.05) is 11.1 Å². The monoisotopic (exact) mass is 566 g/mol. The second-order valence-electron chi connectivity index (χ2n) is 13.1. The largest absolute Gasteiger partial charge is 0.507 e. The Kier molecular flexibility index (Phi) is 15.2. The number of carbonyl (C=O) groups is 1. The van der Waals surface area contributed by atoms with Crippen molar-refractivity contribution >= 4 is 29.5 Å². The number of carboxylic acid groups (broad SMARTS) is 1. The van der Waals surface area contributed by atoms with Gasteiger partial charge in [-0.25, -0.2) is 4.79 Å². The van der Waals surface area contributed by atoms with E-state index in [4.69, 9.17) is 0 Å². The highest BCUT2D eigenvalue weighted by Crippen LogP contribution is 2.54. The van der Waals surface area contributed by atoms with Crippen molar-refractivity contribution < 1.29 is 15.0 Å². The summed E-state index contributed by atoms with van der Waals surface area (Å²) < 4.78 is -0.447. The van der Waals surface area contributed by atoms with E-state index in [1.807, 2.05) is 44.3 Å². The van der Waals surface area contributed by atoms with Gasteiger partial charge in [-0.1, -0.05) is 120 Å². The van der Waals surface area contributed by atoms with Crippen LogP contribution in [0.1, 0.15) is 166 Å². The van der Waals surface area contributed by atoms with Gasteiger partial charge in [0.1, 0.15) is 5.75 Å². The smallest absolute Gasteiger partial charge is 0.336 e. The lowest BCUT2D eigenvalue weighted by molar-refractivity contribution is 0.0695. The Morgan fingerprint density at radius 1 is 0.684 bits per heavy atom. The lowest BCUT2D eigenvalue weighted by Crippen LogP contribution is -2.28. The molecule has 0 fully saturated rings. The number of phenolic OH excluding ortho intramolecular Hbond substituents is 1. The van der Waals surface area contributed by atoms with E-state index in [0.717, 1.165) is 35.5 Å². The van der Waals surface area contributed by atoms with Gasteiger partial charge in [0.05, 0.1) is 9.64 Å². The molecular formula is C33H58O3S2. The summed E-state index contributed by atoms with van der Waals surface area (Å²) in [5, 5.41) is 22.2. The Bertz CT molecular complexity index is 831. The van der Waals surface area contributed by atoms with Crippen LogP contribution < -0.4 is 0 Å². The number of thioether (sulfide) groups is 2. The Balaban J connectivity index is 3.45. The molecule has 1 aromatic rings. The van der Waals surface area contributed by atoms with Crippen LogP contribution in [0.2, 0.25) is 0 Å². The summed E-state index contributed by atoms with van der Waals surface area (Å²) >= 11 is 3.77. The van der Waals surface area contributed by atoms with E-state index in [1.165, 1.54) is 64.2 Å². The molecule has 220 valence electrons. The maximum Gasteiger partial charge on any atom is 0.336 e. The van der Waals surface area contributed by atoms with Gasteiger partial charge in [-0.15, -0.1) is 23.5 Å². The number of phenols is 1. The summed E-state index contributed by atoms with van der Waals surface area (Å²) in [5.74, 6) is 1.37. The highest BCUT2D eigenvalue weighted by molar-refractivity contribution is 8.17. The van der Waals surface area contributed by atoms with Gasteiger partial charge in [-0.05, 0) is 53.7 Å². The number of rotatable bonds is 18. The lowest BCUT2D eigenvalue weighted by Gasteiger charge is -2.38. The Morgan fingerprint density at radius 2 is 1.11 bits per heavy atom. The fraction of sp³-hybridized carbons (Fsp3) is 0.788. The second-order valence-corrected chi connectivity index (χ2v) is 16.3. The number of carboxylic acids is 1. The van der Waals surface area contributed by atoms with Gasteiger partial charge in [0.25, 0.3) is 0 Å². The second kappa shape index (κ2) is 16.5. The van der Waals surface area contributed by atoms with Crippen molar-refractivity contribution in [1.29, 1.82) is 0 Å². The van der Waals surface area contributed by atoms with Crippen LogP contribution in [-0.4, -0.2) is 27.7 Å². The Hall–Kier alpha value is -0.810. The minimum Gasteiger partial charge on any atom is -0.507 e. The van der Waals surface area contributed by atoms with Gasteiger partial charge < -0.3 is 10.2 Å². The highest BCUT2D eigenvalue weighted by atomic mass is 32.2. The van der Waals surface area contributed by atoms with Gasteiger partial charge in [0.2, 0.25) is 0 Å². The quantitative estimate of drug-likeness (QED) is 0.137. The fourth-order valence-corrected chi connectivity index (χ4v) is 8.12. The van der Waals surface area contributed by atoms with Crippen LogP contribution in [0.25, 0.3) is 0 Å². The first kappa shape index (κ1) is 35.2. The molecule has 0 aromatic heterocycles. The third-order valence-electron chi connectivity index (χ3n) is 7.29. The number of hydrogen-bond acceptors (Lipinski definition) is 4. The van der Waals surface area contributed by atoms with Crippen LogP contribution in [0, 0.1) is 0 Å². The molecule has 2 N–H and O–H groups in total. The van der Waals surface area contributed by atoms with E-state index in [1.54, 1.807) is 6.07 Å². The molecule has 0 radical (unpaired) electrons. The molecule has 0 aliphatic carbocycles. The molecule has 0 spiro atoms. The summed E-state index contributed by atoms with van der Waals surface area (Å²) in [7, 11) is 0. The van der Waals surface area contributed by atoms with E-state index in [2.05, 4.69) is 41.5 Å². The minimum absolute atomic E-state index is 0.275. The van der Waals surface area contributed by atoms with Crippen LogP contribution in [-0.2, 0) is 14.9 Å². The summed E-state index contributed by atoms with van der Waals surface area (Å²) in [6, 6.07) is 1.76. The van der Waals surface area contributed by atoms with Crippen molar-refractivity contribution in [2.75, 3.05) is 11.5 Å². The lowest BCUT2D eigenvalue weighted by atomic mass is 9.75. The first-order chi connectivity index (χ1) is 17.7. The molecule has 0 aliphatic rings. The van der Waals surface area contributed by atoms with E-state index in [-0.39, 0.29) is 11.2 Å². The summed E-state index contributed by atoms with van der Waals surface area (Å²) in [6.07, 6.45) is 15.0. The zero-order valence-corrected chi connectivity index (χ0v) is 27.7.